The van der Waals surface area contributed by atoms with Crippen LogP contribution < -0.4 is 4.90 Å². The maximum Gasteiger partial charge on any atom is 0.135 e. The molecule has 0 unspecified atom stereocenters. The highest BCUT2D eigenvalue weighted by Crippen LogP contribution is 2.42. The van der Waals surface area contributed by atoms with Crippen LogP contribution in [-0.4, -0.2) is 9.13 Å². The lowest BCUT2D eigenvalue weighted by atomic mass is 9.99. The third kappa shape index (κ3) is 5.77. The lowest BCUT2D eigenvalue weighted by Crippen LogP contribution is -2.09. The van der Waals surface area contributed by atoms with Crippen LogP contribution in [0.25, 0.3) is 99.2 Å². The van der Waals surface area contributed by atoms with E-state index < -0.39 is 0 Å². The molecule has 64 heavy (non-hydrogen) atoms. The second kappa shape index (κ2) is 14.5. The van der Waals surface area contributed by atoms with Crippen molar-refractivity contribution >= 4 is 82.6 Å². The average molecular weight is 818 g/mol. The molecule has 0 spiro atoms. The summed E-state index contributed by atoms with van der Waals surface area (Å²) in [6, 6.07) is 85.2. The Morgan fingerprint density at radius 2 is 0.688 bits per heavy atom. The topological polar surface area (TPSA) is 26.2 Å². The lowest BCUT2D eigenvalue weighted by molar-refractivity contribution is 0.669. The quantitative estimate of drug-likeness (QED) is 0.160. The molecule has 300 valence electrons. The van der Waals surface area contributed by atoms with Crippen molar-refractivity contribution in [3.8, 4) is 33.6 Å². The summed E-state index contributed by atoms with van der Waals surface area (Å²) in [5.74, 6) is 0. The highest BCUT2D eigenvalue weighted by molar-refractivity contribution is 6.13. The third-order valence-electron chi connectivity index (χ3n) is 12.9. The summed E-state index contributed by atoms with van der Waals surface area (Å²) in [5, 5.41) is 7.16. The second-order valence-electron chi connectivity index (χ2n) is 16.6. The molecule has 0 aliphatic carbocycles. The van der Waals surface area contributed by atoms with E-state index in [1.165, 1.54) is 60.3 Å². The van der Waals surface area contributed by atoms with Gasteiger partial charge in [0.2, 0.25) is 0 Å². The summed E-state index contributed by atoms with van der Waals surface area (Å²) in [5.41, 5.74) is 16.8. The molecule has 0 saturated carbocycles. The van der Waals surface area contributed by atoms with E-state index in [0.29, 0.717) is 0 Å². The highest BCUT2D eigenvalue weighted by Gasteiger charge is 2.19. The van der Waals surface area contributed by atoms with Crippen molar-refractivity contribution in [3.63, 3.8) is 0 Å². The molecule has 10 aromatic carbocycles. The van der Waals surface area contributed by atoms with Crippen LogP contribution in [0.1, 0.15) is 0 Å². The fourth-order valence-corrected chi connectivity index (χ4v) is 9.93. The van der Waals surface area contributed by atoms with E-state index in [1.54, 1.807) is 0 Å². The van der Waals surface area contributed by atoms with Gasteiger partial charge < -0.3 is 18.5 Å². The molecular formula is C60H39N3O. The van der Waals surface area contributed by atoms with Gasteiger partial charge in [-0.25, -0.2) is 0 Å². The van der Waals surface area contributed by atoms with Gasteiger partial charge in [-0.2, -0.15) is 0 Å². The number of rotatable bonds is 7. The van der Waals surface area contributed by atoms with Crippen LogP contribution >= 0.6 is 0 Å². The average Bonchev–Trinajstić information content (AvgIpc) is 4.02. The van der Waals surface area contributed by atoms with Crippen LogP contribution in [0.5, 0.6) is 0 Å². The highest BCUT2D eigenvalue weighted by atomic mass is 16.3. The van der Waals surface area contributed by atoms with Crippen LogP contribution in [0.15, 0.2) is 241 Å². The van der Waals surface area contributed by atoms with Gasteiger partial charge in [-0.3, -0.25) is 0 Å². The van der Waals surface area contributed by atoms with E-state index in [4.69, 9.17) is 4.42 Å². The van der Waals surface area contributed by atoms with Crippen molar-refractivity contribution in [3.05, 3.63) is 237 Å². The summed E-state index contributed by atoms with van der Waals surface area (Å²) < 4.78 is 11.0. The van der Waals surface area contributed by atoms with Crippen LogP contribution in [-0.2, 0) is 0 Å². The summed E-state index contributed by atoms with van der Waals surface area (Å²) in [6.45, 7) is 0. The van der Waals surface area contributed by atoms with Crippen LogP contribution in [0.2, 0.25) is 0 Å². The lowest BCUT2D eigenvalue weighted by Gasteiger charge is -2.25. The smallest absolute Gasteiger partial charge is 0.135 e. The SMILES string of the molecule is c1ccc(N(c2ccc(-c3ccc4c(c3)c3cc(-c5ccc6c(c5)c5ccccc5n6-c5ccccc5)ccc3n4-c3ccccc3)cc2)c2ccc3oc4ccccc4c3c2)cc1. The van der Waals surface area contributed by atoms with E-state index in [2.05, 4.69) is 238 Å². The Kier molecular flexibility index (Phi) is 8.18. The standard InChI is InChI=1S/C60H39N3O/c1-4-14-44(15-5-1)61(48-31-35-60-54(39-48)50-21-11-13-23-59(50)64-60)47-29-24-40(25-30-47)41-26-32-57-52(36-41)53-38-43(28-34-58(53)63(57)46-18-8-3-9-19-46)42-27-33-56-51(37-42)49-20-10-12-22-55(49)62(56)45-16-6-2-7-17-45/h1-39H. The van der Waals surface area contributed by atoms with Crippen molar-refractivity contribution in [2.45, 2.75) is 0 Å². The molecule has 0 amide bonds. The molecule has 0 atom stereocenters. The van der Waals surface area contributed by atoms with Crippen molar-refractivity contribution in [1.82, 2.24) is 9.13 Å². The van der Waals surface area contributed by atoms with Gasteiger partial charge in [-0.1, -0.05) is 121 Å². The molecule has 0 radical (unpaired) electrons. The Morgan fingerprint density at radius 1 is 0.266 bits per heavy atom. The van der Waals surface area contributed by atoms with Crippen LogP contribution in [0.3, 0.4) is 0 Å². The predicted octanol–water partition coefficient (Wildman–Crippen LogP) is 16.6. The fourth-order valence-electron chi connectivity index (χ4n) is 9.93. The second-order valence-corrected chi connectivity index (χ2v) is 16.6. The van der Waals surface area contributed by atoms with Crippen molar-refractivity contribution < 1.29 is 4.42 Å². The van der Waals surface area contributed by atoms with Gasteiger partial charge in [0.1, 0.15) is 11.2 Å². The Balaban J connectivity index is 0.930. The van der Waals surface area contributed by atoms with Crippen molar-refractivity contribution in [2.75, 3.05) is 4.90 Å². The zero-order valence-corrected chi connectivity index (χ0v) is 34.8. The zero-order valence-electron chi connectivity index (χ0n) is 34.8. The van der Waals surface area contributed by atoms with Crippen LogP contribution in [0.4, 0.5) is 17.1 Å². The summed E-state index contributed by atoms with van der Waals surface area (Å²) in [6.07, 6.45) is 0. The number of nitrogens with zero attached hydrogens (tertiary/aromatic N) is 3. The largest absolute Gasteiger partial charge is 0.456 e. The van der Waals surface area contributed by atoms with E-state index in [9.17, 15) is 0 Å². The first-order valence-electron chi connectivity index (χ1n) is 21.8. The van der Waals surface area contributed by atoms with Crippen molar-refractivity contribution in [2.24, 2.45) is 0 Å². The molecule has 0 bridgehead atoms. The van der Waals surface area contributed by atoms with E-state index in [0.717, 1.165) is 55.9 Å². The molecule has 13 rings (SSSR count). The third-order valence-corrected chi connectivity index (χ3v) is 12.9. The minimum Gasteiger partial charge on any atom is -0.456 e. The minimum atomic E-state index is 0.887. The van der Waals surface area contributed by atoms with Gasteiger partial charge in [0, 0.05) is 60.8 Å². The molecule has 4 nitrogen and oxygen atoms in total. The van der Waals surface area contributed by atoms with Gasteiger partial charge in [-0.05, 0) is 138 Å². The number of fused-ring (bicyclic) bond motifs is 9. The Bertz CT molecular complexity index is 3880. The van der Waals surface area contributed by atoms with Gasteiger partial charge in [0.15, 0.2) is 0 Å². The molecule has 4 heteroatoms. The summed E-state index contributed by atoms with van der Waals surface area (Å²) in [7, 11) is 0. The number of furan rings is 1. The van der Waals surface area contributed by atoms with Gasteiger partial charge in [0.25, 0.3) is 0 Å². The van der Waals surface area contributed by atoms with E-state index in [-0.39, 0.29) is 0 Å². The summed E-state index contributed by atoms with van der Waals surface area (Å²) in [4.78, 5) is 2.32. The molecule has 13 aromatic rings. The van der Waals surface area contributed by atoms with Crippen LogP contribution in [0, 0.1) is 0 Å². The maximum atomic E-state index is 6.20. The molecule has 0 aliphatic heterocycles. The van der Waals surface area contributed by atoms with E-state index >= 15 is 0 Å². The Hall–Kier alpha value is -8.60. The Labute approximate surface area is 369 Å². The monoisotopic (exact) mass is 817 g/mol. The number of anilines is 3. The molecule has 3 heterocycles. The number of benzene rings is 10. The first-order valence-corrected chi connectivity index (χ1v) is 21.8. The number of para-hydroxylation sites is 5. The maximum absolute atomic E-state index is 6.20. The Morgan fingerprint density at radius 3 is 1.30 bits per heavy atom. The molecule has 0 saturated heterocycles. The molecule has 0 fully saturated rings. The molecule has 3 aromatic heterocycles. The normalized spacial score (nSPS) is 11.8. The predicted molar refractivity (Wildman–Crippen MR) is 268 cm³/mol. The van der Waals surface area contributed by atoms with Crippen molar-refractivity contribution in [1.29, 1.82) is 0 Å². The minimum absolute atomic E-state index is 0.887. The van der Waals surface area contributed by atoms with Gasteiger partial charge in [-0.15, -0.1) is 0 Å². The number of hydrogen-bond acceptors (Lipinski definition) is 2. The number of hydrogen-bond donors (Lipinski definition) is 0. The zero-order chi connectivity index (χ0) is 42.1. The molecule has 0 aliphatic rings. The molecular weight excluding hydrogens is 779 g/mol. The summed E-state index contributed by atoms with van der Waals surface area (Å²) >= 11 is 0. The van der Waals surface area contributed by atoms with E-state index in [1.807, 2.05) is 12.1 Å². The number of aromatic nitrogens is 2. The fraction of sp³-hybridized carbons (Fsp3) is 0. The van der Waals surface area contributed by atoms with Gasteiger partial charge >= 0.3 is 0 Å². The van der Waals surface area contributed by atoms with Gasteiger partial charge in [0.05, 0.1) is 22.1 Å². The molecule has 0 N–H and O–H groups in total. The first kappa shape index (κ1) is 36.1. The first-order chi connectivity index (χ1) is 31.7.